The van der Waals surface area contributed by atoms with E-state index in [1.54, 1.807) is 24.0 Å². The number of rotatable bonds is 4. The van der Waals surface area contributed by atoms with Gasteiger partial charge >= 0.3 is 0 Å². The van der Waals surface area contributed by atoms with Crippen molar-refractivity contribution in [2.45, 2.75) is 25.4 Å². The zero-order valence-electron chi connectivity index (χ0n) is 8.58. The lowest BCUT2D eigenvalue weighted by atomic mass is 10.0. The standard InChI is InChI=1S/C10H14N4S/c1-2-9(11)10(8-3-4-15-5-8)14-7-12-6-13-14/h3-7,9-10H,2,11H2,1H3. The highest BCUT2D eigenvalue weighted by atomic mass is 32.1. The maximum atomic E-state index is 6.12. The van der Waals surface area contributed by atoms with Crippen LogP contribution in [0.4, 0.5) is 0 Å². The second-order valence-electron chi connectivity index (χ2n) is 3.45. The SMILES string of the molecule is CCC(N)C(c1ccsc1)n1cncn1. The van der Waals surface area contributed by atoms with Gasteiger partial charge in [-0.25, -0.2) is 9.67 Å². The summed E-state index contributed by atoms with van der Waals surface area (Å²) in [7, 11) is 0. The number of nitrogens with two attached hydrogens (primary N) is 1. The molecule has 2 heterocycles. The van der Waals surface area contributed by atoms with E-state index in [-0.39, 0.29) is 12.1 Å². The van der Waals surface area contributed by atoms with E-state index in [1.807, 2.05) is 4.68 Å². The van der Waals surface area contributed by atoms with Crippen molar-refractivity contribution < 1.29 is 0 Å². The maximum absolute atomic E-state index is 6.12. The lowest BCUT2D eigenvalue weighted by Crippen LogP contribution is -2.32. The van der Waals surface area contributed by atoms with Gasteiger partial charge in [0.2, 0.25) is 0 Å². The van der Waals surface area contributed by atoms with Crippen LogP contribution in [0, 0.1) is 0 Å². The average Bonchev–Trinajstić information content (AvgIpc) is 2.90. The van der Waals surface area contributed by atoms with Gasteiger partial charge < -0.3 is 5.73 Å². The van der Waals surface area contributed by atoms with Crippen LogP contribution in [0.15, 0.2) is 29.5 Å². The second-order valence-corrected chi connectivity index (χ2v) is 4.23. The Balaban J connectivity index is 2.33. The van der Waals surface area contributed by atoms with Crippen LogP contribution in [-0.2, 0) is 0 Å². The van der Waals surface area contributed by atoms with Gasteiger partial charge in [0, 0.05) is 6.04 Å². The summed E-state index contributed by atoms with van der Waals surface area (Å²) in [6.07, 6.45) is 4.18. The summed E-state index contributed by atoms with van der Waals surface area (Å²) in [5.41, 5.74) is 7.32. The number of hydrogen-bond acceptors (Lipinski definition) is 4. The molecule has 0 amide bonds. The van der Waals surface area contributed by atoms with Crippen LogP contribution in [0.25, 0.3) is 0 Å². The molecule has 2 aromatic rings. The van der Waals surface area contributed by atoms with Crippen molar-refractivity contribution in [2.75, 3.05) is 0 Å². The third-order valence-corrected chi connectivity index (χ3v) is 3.18. The van der Waals surface area contributed by atoms with Crippen LogP contribution in [-0.4, -0.2) is 20.8 Å². The Morgan fingerprint density at radius 2 is 2.47 bits per heavy atom. The predicted octanol–water partition coefficient (Wildman–Crippen LogP) is 1.67. The van der Waals surface area contributed by atoms with Crippen LogP contribution < -0.4 is 5.73 Å². The molecular weight excluding hydrogens is 208 g/mol. The molecule has 0 saturated heterocycles. The Labute approximate surface area is 92.8 Å². The van der Waals surface area contributed by atoms with Crippen molar-refractivity contribution in [1.29, 1.82) is 0 Å². The fourth-order valence-electron chi connectivity index (χ4n) is 1.62. The Hall–Kier alpha value is -1.20. The molecule has 0 aromatic carbocycles. The molecule has 0 spiro atoms. The van der Waals surface area contributed by atoms with Gasteiger partial charge in [0.15, 0.2) is 0 Å². The molecule has 0 radical (unpaired) electrons. The predicted molar refractivity (Wildman–Crippen MR) is 60.7 cm³/mol. The fraction of sp³-hybridized carbons (Fsp3) is 0.400. The molecule has 5 heteroatoms. The molecule has 2 unspecified atom stereocenters. The van der Waals surface area contributed by atoms with Gasteiger partial charge in [-0.1, -0.05) is 6.92 Å². The molecule has 15 heavy (non-hydrogen) atoms. The minimum Gasteiger partial charge on any atom is -0.326 e. The van der Waals surface area contributed by atoms with Gasteiger partial charge in [-0.3, -0.25) is 0 Å². The van der Waals surface area contributed by atoms with E-state index in [1.165, 1.54) is 5.56 Å². The van der Waals surface area contributed by atoms with Crippen LogP contribution in [0.2, 0.25) is 0 Å². The van der Waals surface area contributed by atoms with Crippen molar-refractivity contribution in [3.8, 4) is 0 Å². The summed E-state index contributed by atoms with van der Waals surface area (Å²) in [5, 5.41) is 8.34. The quantitative estimate of drug-likeness (QED) is 0.856. The van der Waals surface area contributed by atoms with Crippen LogP contribution in [0.5, 0.6) is 0 Å². The van der Waals surface area contributed by atoms with Gasteiger partial charge in [-0.15, -0.1) is 0 Å². The lowest BCUT2D eigenvalue weighted by molar-refractivity contribution is 0.424. The zero-order valence-corrected chi connectivity index (χ0v) is 9.39. The molecular formula is C10H14N4S. The van der Waals surface area contributed by atoms with E-state index < -0.39 is 0 Å². The number of aromatic nitrogens is 3. The molecule has 0 saturated carbocycles. The zero-order chi connectivity index (χ0) is 10.7. The molecule has 2 aromatic heterocycles. The molecule has 0 aliphatic carbocycles. The van der Waals surface area contributed by atoms with E-state index in [2.05, 4.69) is 33.8 Å². The minimum absolute atomic E-state index is 0.0706. The highest BCUT2D eigenvalue weighted by Crippen LogP contribution is 2.23. The van der Waals surface area contributed by atoms with Gasteiger partial charge in [0.25, 0.3) is 0 Å². The summed E-state index contributed by atoms with van der Waals surface area (Å²) >= 11 is 1.68. The van der Waals surface area contributed by atoms with Crippen LogP contribution in [0.1, 0.15) is 24.9 Å². The average molecular weight is 222 g/mol. The first kappa shape index (κ1) is 10.3. The monoisotopic (exact) mass is 222 g/mol. The summed E-state index contributed by atoms with van der Waals surface area (Å²) < 4.78 is 1.83. The number of thiophene rings is 1. The van der Waals surface area contributed by atoms with Gasteiger partial charge in [-0.05, 0) is 28.8 Å². The molecule has 0 bridgehead atoms. The first-order valence-electron chi connectivity index (χ1n) is 4.94. The molecule has 2 N–H and O–H groups in total. The summed E-state index contributed by atoms with van der Waals surface area (Å²) in [5.74, 6) is 0. The van der Waals surface area contributed by atoms with Crippen molar-refractivity contribution in [1.82, 2.24) is 14.8 Å². The van der Waals surface area contributed by atoms with Gasteiger partial charge in [0.05, 0.1) is 6.04 Å². The van der Waals surface area contributed by atoms with Crippen molar-refractivity contribution in [2.24, 2.45) is 5.73 Å². The topological polar surface area (TPSA) is 56.7 Å². The highest BCUT2D eigenvalue weighted by Gasteiger charge is 2.21. The van der Waals surface area contributed by atoms with E-state index in [0.29, 0.717) is 0 Å². The second kappa shape index (κ2) is 4.55. The minimum atomic E-state index is 0.0706. The molecule has 0 aliphatic rings. The summed E-state index contributed by atoms with van der Waals surface area (Å²) in [6, 6.07) is 2.26. The maximum Gasteiger partial charge on any atom is 0.137 e. The Morgan fingerprint density at radius 3 is 3.00 bits per heavy atom. The van der Waals surface area contributed by atoms with Gasteiger partial charge in [0.1, 0.15) is 12.7 Å². The number of hydrogen-bond donors (Lipinski definition) is 1. The molecule has 4 nitrogen and oxygen atoms in total. The van der Waals surface area contributed by atoms with E-state index in [0.717, 1.165) is 6.42 Å². The first-order valence-corrected chi connectivity index (χ1v) is 5.89. The first-order chi connectivity index (χ1) is 7.33. The lowest BCUT2D eigenvalue weighted by Gasteiger charge is -2.21. The third-order valence-electron chi connectivity index (χ3n) is 2.48. The summed E-state index contributed by atoms with van der Waals surface area (Å²) in [4.78, 5) is 3.97. The van der Waals surface area contributed by atoms with E-state index in [4.69, 9.17) is 5.73 Å². The molecule has 2 rings (SSSR count). The molecule has 0 fully saturated rings. The highest BCUT2D eigenvalue weighted by molar-refractivity contribution is 7.07. The van der Waals surface area contributed by atoms with Crippen LogP contribution >= 0.6 is 11.3 Å². The van der Waals surface area contributed by atoms with Crippen molar-refractivity contribution >= 4 is 11.3 Å². The normalized spacial score (nSPS) is 15.1. The Morgan fingerprint density at radius 1 is 1.60 bits per heavy atom. The van der Waals surface area contributed by atoms with E-state index in [9.17, 15) is 0 Å². The van der Waals surface area contributed by atoms with Crippen LogP contribution in [0.3, 0.4) is 0 Å². The smallest absolute Gasteiger partial charge is 0.137 e. The third kappa shape index (κ3) is 2.08. The van der Waals surface area contributed by atoms with Crippen molar-refractivity contribution in [3.05, 3.63) is 35.0 Å². The molecule has 2 atom stereocenters. The largest absolute Gasteiger partial charge is 0.326 e. The molecule has 0 aliphatic heterocycles. The summed E-state index contributed by atoms with van der Waals surface area (Å²) in [6.45, 7) is 2.08. The van der Waals surface area contributed by atoms with Crippen molar-refractivity contribution in [3.63, 3.8) is 0 Å². The Kier molecular flexibility index (Phi) is 3.13. The van der Waals surface area contributed by atoms with E-state index >= 15 is 0 Å². The molecule has 80 valence electrons. The Bertz CT molecular complexity index is 347. The number of nitrogens with zero attached hydrogens (tertiary/aromatic N) is 3. The fourth-order valence-corrected chi connectivity index (χ4v) is 2.31. The van der Waals surface area contributed by atoms with Gasteiger partial charge in [-0.2, -0.15) is 16.4 Å².